The number of nitrogens with one attached hydrogen (secondary N) is 2. The van der Waals surface area contributed by atoms with E-state index in [1.54, 1.807) is 0 Å². The lowest BCUT2D eigenvalue weighted by Gasteiger charge is -2.21. The molecule has 0 atom stereocenters. The number of hydrogen-bond acceptors (Lipinski definition) is 4. The first kappa shape index (κ1) is 21.3. The maximum Gasteiger partial charge on any atom is 0.258 e. The third-order valence-electron chi connectivity index (χ3n) is 3.47. The van der Waals surface area contributed by atoms with Gasteiger partial charge in [0.05, 0.1) is 6.61 Å². The van der Waals surface area contributed by atoms with Crippen LogP contribution in [0.1, 0.15) is 59.4 Å². The van der Waals surface area contributed by atoms with Gasteiger partial charge in [-0.05, 0) is 58.4 Å². The average molecular weight is 351 g/mol. The fourth-order valence-electron chi connectivity index (χ4n) is 2.38. The van der Waals surface area contributed by atoms with Gasteiger partial charge in [-0.3, -0.25) is 4.79 Å². The van der Waals surface area contributed by atoms with Crippen molar-refractivity contribution in [1.82, 2.24) is 10.6 Å². The minimum absolute atomic E-state index is 0.0219. The normalized spacial score (nSPS) is 11.2. The van der Waals surface area contributed by atoms with E-state index < -0.39 is 0 Å². The number of unbranched alkanes of at least 4 members (excludes halogenated alkanes) is 2. The van der Waals surface area contributed by atoms with E-state index in [1.807, 2.05) is 45.9 Å². The molecule has 0 radical (unpaired) electrons. The van der Waals surface area contributed by atoms with Crippen LogP contribution in [0, 0.1) is 0 Å². The van der Waals surface area contributed by atoms with Crippen molar-refractivity contribution in [1.29, 1.82) is 0 Å². The standard InChI is InChI=1S/C20H34N2O3/c1-6-8-9-12-21-14-16-10-11-17(18(13-16)24-7-2)25-15-19(23)22-20(3,4)5/h10-11,13,21H,6-9,12,14-15H2,1-5H3,(H,22,23). The monoisotopic (exact) mass is 350 g/mol. The largest absolute Gasteiger partial charge is 0.490 e. The van der Waals surface area contributed by atoms with Crippen LogP contribution in [0.15, 0.2) is 18.2 Å². The number of benzene rings is 1. The van der Waals surface area contributed by atoms with Crippen LogP contribution in [-0.2, 0) is 11.3 Å². The topological polar surface area (TPSA) is 59.6 Å². The molecule has 25 heavy (non-hydrogen) atoms. The van der Waals surface area contributed by atoms with Crippen molar-refractivity contribution >= 4 is 5.91 Å². The number of amides is 1. The fraction of sp³-hybridized carbons (Fsp3) is 0.650. The SMILES string of the molecule is CCCCCNCc1ccc(OCC(=O)NC(C)(C)C)c(OCC)c1. The first-order valence-corrected chi connectivity index (χ1v) is 9.26. The van der Waals surface area contributed by atoms with Crippen LogP contribution >= 0.6 is 0 Å². The predicted molar refractivity (Wildman–Crippen MR) is 102 cm³/mol. The molecule has 0 aromatic heterocycles. The smallest absolute Gasteiger partial charge is 0.258 e. The van der Waals surface area contributed by atoms with E-state index in [9.17, 15) is 4.79 Å². The lowest BCUT2D eigenvalue weighted by molar-refractivity contribution is -0.124. The summed E-state index contributed by atoms with van der Waals surface area (Å²) < 4.78 is 11.3. The summed E-state index contributed by atoms with van der Waals surface area (Å²) in [4.78, 5) is 11.9. The molecule has 0 aliphatic heterocycles. The molecule has 1 aromatic carbocycles. The zero-order valence-electron chi connectivity index (χ0n) is 16.4. The Bertz CT molecular complexity index is 524. The van der Waals surface area contributed by atoms with Gasteiger partial charge in [-0.2, -0.15) is 0 Å². The Balaban J connectivity index is 2.59. The average Bonchev–Trinajstić information content (AvgIpc) is 2.52. The van der Waals surface area contributed by atoms with Crippen LogP contribution in [0.3, 0.4) is 0 Å². The van der Waals surface area contributed by atoms with E-state index in [1.165, 1.54) is 19.3 Å². The van der Waals surface area contributed by atoms with E-state index in [0.717, 1.165) is 18.7 Å². The summed E-state index contributed by atoms with van der Waals surface area (Å²) in [5.74, 6) is 1.14. The summed E-state index contributed by atoms with van der Waals surface area (Å²) in [5.41, 5.74) is 0.877. The van der Waals surface area contributed by atoms with Gasteiger partial charge in [0.15, 0.2) is 18.1 Å². The van der Waals surface area contributed by atoms with E-state index in [0.29, 0.717) is 18.1 Å². The maximum absolute atomic E-state index is 11.9. The summed E-state index contributed by atoms with van der Waals surface area (Å²) in [7, 11) is 0. The Morgan fingerprint density at radius 3 is 2.48 bits per heavy atom. The molecule has 1 aromatic rings. The zero-order valence-corrected chi connectivity index (χ0v) is 16.4. The molecule has 0 heterocycles. The van der Waals surface area contributed by atoms with E-state index in [2.05, 4.69) is 17.6 Å². The number of hydrogen-bond donors (Lipinski definition) is 2. The van der Waals surface area contributed by atoms with Crippen LogP contribution in [0.2, 0.25) is 0 Å². The van der Waals surface area contributed by atoms with Gasteiger partial charge in [0.2, 0.25) is 0 Å². The number of ether oxygens (including phenoxy) is 2. The van der Waals surface area contributed by atoms with E-state index in [4.69, 9.17) is 9.47 Å². The summed E-state index contributed by atoms with van der Waals surface area (Å²) in [6.07, 6.45) is 3.67. The predicted octanol–water partition coefficient (Wildman–Crippen LogP) is 3.66. The second-order valence-electron chi connectivity index (χ2n) is 7.18. The van der Waals surface area contributed by atoms with Crippen molar-refractivity contribution in [3.63, 3.8) is 0 Å². The van der Waals surface area contributed by atoms with Crippen molar-refractivity contribution in [2.75, 3.05) is 19.8 Å². The molecule has 142 valence electrons. The molecule has 0 fully saturated rings. The lowest BCUT2D eigenvalue weighted by Crippen LogP contribution is -2.43. The Labute approximate surface area is 152 Å². The molecule has 0 aliphatic carbocycles. The van der Waals surface area contributed by atoms with E-state index >= 15 is 0 Å². The molecule has 0 spiro atoms. The summed E-state index contributed by atoms with van der Waals surface area (Å²) in [6.45, 7) is 12.3. The van der Waals surface area contributed by atoms with Gasteiger partial charge in [-0.1, -0.05) is 25.8 Å². The molecule has 5 heteroatoms. The van der Waals surface area contributed by atoms with Crippen molar-refractivity contribution < 1.29 is 14.3 Å². The Hall–Kier alpha value is -1.75. The highest BCUT2D eigenvalue weighted by atomic mass is 16.5. The van der Waals surface area contributed by atoms with Crippen LogP contribution < -0.4 is 20.1 Å². The molecule has 0 saturated heterocycles. The number of carbonyl (C=O) groups is 1. The number of rotatable bonds is 11. The fourth-order valence-corrected chi connectivity index (χ4v) is 2.38. The lowest BCUT2D eigenvalue weighted by atomic mass is 10.1. The van der Waals surface area contributed by atoms with Crippen LogP contribution in [0.4, 0.5) is 0 Å². The minimum Gasteiger partial charge on any atom is -0.490 e. The second kappa shape index (κ2) is 11.0. The highest BCUT2D eigenvalue weighted by molar-refractivity contribution is 5.78. The third kappa shape index (κ3) is 9.34. The maximum atomic E-state index is 11.9. The van der Waals surface area contributed by atoms with Gasteiger partial charge >= 0.3 is 0 Å². The van der Waals surface area contributed by atoms with Crippen LogP contribution in [0.5, 0.6) is 11.5 Å². The third-order valence-corrected chi connectivity index (χ3v) is 3.47. The van der Waals surface area contributed by atoms with Gasteiger partial charge in [0.1, 0.15) is 0 Å². The quantitative estimate of drug-likeness (QED) is 0.598. The molecule has 0 saturated carbocycles. The molecule has 0 bridgehead atoms. The van der Waals surface area contributed by atoms with Gasteiger partial charge in [0.25, 0.3) is 5.91 Å². The van der Waals surface area contributed by atoms with Gasteiger partial charge in [-0.15, -0.1) is 0 Å². The van der Waals surface area contributed by atoms with Gasteiger partial charge < -0.3 is 20.1 Å². The first-order chi connectivity index (χ1) is 11.9. The highest BCUT2D eigenvalue weighted by Crippen LogP contribution is 2.28. The summed E-state index contributed by atoms with van der Waals surface area (Å²) in [6, 6.07) is 5.86. The van der Waals surface area contributed by atoms with Crippen molar-refractivity contribution in [2.24, 2.45) is 0 Å². The molecular weight excluding hydrogens is 316 g/mol. The molecule has 1 amide bonds. The molecule has 0 aliphatic rings. The van der Waals surface area contributed by atoms with Gasteiger partial charge in [-0.25, -0.2) is 0 Å². The van der Waals surface area contributed by atoms with Crippen molar-refractivity contribution in [2.45, 2.75) is 66.0 Å². The Morgan fingerprint density at radius 2 is 1.84 bits per heavy atom. The van der Waals surface area contributed by atoms with Crippen LogP contribution in [0.25, 0.3) is 0 Å². The van der Waals surface area contributed by atoms with Crippen molar-refractivity contribution in [3.8, 4) is 11.5 Å². The molecule has 5 nitrogen and oxygen atoms in total. The molecule has 1 rings (SSSR count). The number of carbonyl (C=O) groups excluding carboxylic acids is 1. The summed E-state index contributed by atoms with van der Waals surface area (Å²) >= 11 is 0. The zero-order chi connectivity index (χ0) is 18.7. The van der Waals surface area contributed by atoms with Crippen LogP contribution in [-0.4, -0.2) is 31.2 Å². The highest BCUT2D eigenvalue weighted by Gasteiger charge is 2.15. The van der Waals surface area contributed by atoms with E-state index in [-0.39, 0.29) is 18.1 Å². The molecule has 0 unspecified atom stereocenters. The first-order valence-electron chi connectivity index (χ1n) is 9.26. The van der Waals surface area contributed by atoms with Gasteiger partial charge in [0, 0.05) is 12.1 Å². The Kier molecular flexibility index (Phi) is 9.35. The Morgan fingerprint density at radius 1 is 1.08 bits per heavy atom. The van der Waals surface area contributed by atoms with Crippen molar-refractivity contribution in [3.05, 3.63) is 23.8 Å². The summed E-state index contributed by atoms with van der Waals surface area (Å²) in [5, 5.41) is 6.32. The second-order valence-corrected chi connectivity index (χ2v) is 7.18. The molecule has 2 N–H and O–H groups in total. The minimum atomic E-state index is -0.267. The molecular formula is C20H34N2O3.